The van der Waals surface area contributed by atoms with Gasteiger partial charge in [-0.25, -0.2) is 12.1 Å². The Labute approximate surface area is 203 Å². The standard InChI is InChI=1S/C23H26P.C5H5.Zr/c1-15-11-13-22(19(5)17(15)3)24(21-9-7-8-10-21)23-14-12-16(2)18(4)20(23)6;1-2-4-5-3-1;/h7-14H,1-6H3;1-5H;/q-1;-5;. The molecule has 0 aromatic heterocycles. The van der Waals surface area contributed by atoms with Crippen LogP contribution in [0.3, 0.4) is 0 Å². The number of rotatable bonds is 3. The molecule has 0 aliphatic carbocycles. The molecule has 0 nitrogen and oxygen atoms in total. The monoisotopic (exact) mass is 488 g/mol. The summed E-state index contributed by atoms with van der Waals surface area (Å²) in [6.07, 6.45) is 0. The molecule has 0 heterocycles. The first kappa shape index (κ1) is 24.7. The van der Waals surface area contributed by atoms with Gasteiger partial charge in [-0.05, 0) is 85.5 Å². The third-order valence-corrected chi connectivity index (χ3v) is 8.75. The van der Waals surface area contributed by atoms with Crippen molar-refractivity contribution in [3.63, 3.8) is 0 Å². The predicted molar refractivity (Wildman–Crippen MR) is 131 cm³/mol. The Kier molecular flexibility index (Phi) is 9.21. The van der Waals surface area contributed by atoms with Gasteiger partial charge in [0.1, 0.15) is 0 Å². The van der Waals surface area contributed by atoms with Gasteiger partial charge in [-0.2, -0.15) is 12.1 Å². The average molecular weight is 490 g/mol. The maximum absolute atomic E-state index is 2.35. The predicted octanol–water partition coefficient (Wildman–Crippen LogP) is 6.42. The van der Waals surface area contributed by atoms with Crippen molar-refractivity contribution >= 4 is 23.8 Å². The quantitative estimate of drug-likeness (QED) is 0.230. The maximum Gasteiger partial charge on any atom is 0 e. The van der Waals surface area contributed by atoms with Crippen molar-refractivity contribution in [1.82, 2.24) is 0 Å². The van der Waals surface area contributed by atoms with Crippen LogP contribution in [0.5, 0.6) is 0 Å². The largest absolute Gasteiger partial charge is 0.748 e. The molecule has 2 heteroatoms. The van der Waals surface area contributed by atoms with E-state index in [1.807, 2.05) is 30.3 Å². The maximum atomic E-state index is 2.35. The minimum Gasteiger partial charge on any atom is -0.748 e. The van der Waals surface area contributed by atoms with Crippen LogP contribution < -0.4 is 15.9 Å². The first-order valence-electron chi connectivity index (χ1n) is 10.2. The van der Waals surface area contributed by atoms with Crippen LogP contribution in [0, 0.1) is 41.5 Å². The van der Waals surface area contributed by atoms with Gasteiger partial charge >= 0.3 is 0 Å². The van der Waals surface area contributed by atoms with E-state index in [2.05, 4.69) is 90.1 Å². The van der Waals surface area contributed by atoms with Crippen LogP contribution in [0.1, 0.15) is 33.4 Å². The molecule has 0 N–H and O–H groups in total. The van der Waals surface area contributed by atoms with E-state index in [-0.39, 0.29) is 26.2 Å². The second-order valence-electron chi connectivity index (χ2n) is 7.74. The van der Waals surface area contributed by atoms with Gasteiger partial charge in [0.05, 0.1) is 0 Å². The Morgan fingerprint density at radius 2 is 0.933 bits per heavy atom. The molecule has 0 spiro atoms. The zero-order chi connectivity index (χ0) is 21.0. The summed E-state index contributed by atoms with van der Waals surface area (Å²) in [6.45, 7) is 13.5. The second kappa shape index (κ2) is 11.2. The Balaban J connectivity index is 0.000000468. The van der Waals surface area contributed by atoms with Crippen LogP contribution in [0.2, 0.25) is 0 Å². The summed E-state index contributed by atoms with van der Waals surface area (Å²) in [5, 5.41) is 4.43. The van der Waals surface area contributed by atoms with E-state index >= 15 is 0 Å². The fraction of sp³-hybridized carbons (Fsp3) is 0.214. The molecular weight excluding hydrogens is 459 g/mol. The van der Waals surface area contributed by atoms with Crippen LogP contribution in [0.25, 0.3) is 0 Å². The van der Waals surface area contributed by atoms with Crippen molar-refractivity contribution in [2.45, 2.75) is 41.5 Å². The van der Waals surface area contributed by atoms with Crippen LogP contribution in [0.4, 0.5) is 0 Å². The molecule has 4 aromatic rings. The Hall–Kier alpha value is -1.55. The average Bonchev–Trinajstić information content (AvgIpc) is 3.44. The van der Waals surface area contributed by atoms with Gasteiger partial charge < -0.3 is 30.3 Å². The molecule has 4 aromatic carbocycles. The van der Waals surface area contributed by atoms with Gasteiger partial charge in [-0.1, -0.05) is 32.2 Å². The van der Waals surface area contributed by atoms with Gasteiger partial charge in [-0.3, -0.25) is 0 Å². The number of benzene rings is 2. The second-order valence-corrected chi connectivity index (χ2v) is 9.89. The van der Waals surface area contributed by atoms with Crippen molar-refractivity contribution in [2.24, 2.45) is 0 Å². The number of hydrogen-bond acceptors (Lipinski definition) is 0. The topological polar surface area (TPSA) is 0 Å². The van der Waals surface area contributed by atoms with Crippen molar-refractivity contribution in [1.29, 1.82) is 0 Å². The molecule has 0 aliphatic heterocycles. The van der Waals surface area contributed by atoms with E-state index in [9.17, 15) is 0 Å². The smallest absolute Gasteiger partial charge is 0 e. The summed E-state index contributed by atoms with van der Waals surface area (Å²) >= 11 is 0. The first-order chi connectivity index (χ1) is 13.9. The molecule has 0 radical (unpaired) electrons. The molecule has 0 aliphatic rings. The molecule has 0 atom stereocenters. The summed E-state index contributed by atoms with van der Waals surface area (Å²) in [6, 6.07) is 28.2. The molecule has 0 bridgehead atoms. The minimum absolute atomic E-state index is 0. The van der Waals surface area contributed by atoms with Crippen molar-refractivity contribution in [2.75, 3.05) is 0 Å². The molecule has 30 heavy (non-hydrogen) atoms. The van der Waals surface area contributed by atoms with E-state index in [0.717, 1.165) is 0 Å². The Morgan fingerprint density at radius 1 is 0.567 bits per heavy atom. The van der Waals surface area contributed by atoms with Gasteiger partial charge in [-0.15, -0.1) is 5.30 Å². The summed E-state index contributed by atoms with van der Waals surface area (Å²) in [5.74, 6) is 0. The van der Waals surface area contributed by atoms with Crippen LogP contribution >= 0.6 is 7.92 Å². The molecule has 4 rings (SSSR count). The fourth-order valence-electron chi connectivity index (χ4n) is 3.61. The zero-order valence-electron chi connectivity index (χ0n) is 19.0. The van der Waals surface area contributed by atoms with Gasteiger partial charge in [0.15, 0.2) is 0 Å². The molecule has 0 amide bonds. The van der Waals surface area contributed by atoms with E-state index in [0.29, 0.717) is 0 Å². The Morgan fingerprint density at radius 3 is 1.30 bits per heavy atom. The van der Waals surface area contributed by atoms with Gasteiger partial charge in [0.25, 0.3) is 0 Å². The van der Waals surface area contributed by atoms with Crippen LogP contribution in [0.15, 0.2) is 78.9 Å². The van der Waals surface area contributed by atoms with E-state index < -0.39 is 7.92 Å². The Bertz CT molecular complexity index is 982. The third kappa shape index (κ3) is 5.38. The van der Waals surface area contributed by atoms with Gasteiger partial charge in [0, 0.05) is 26.2 Å². The number of hydrogen-bond donors (Lipinski definition) is 0. The summed E-state index contributed by atoms with van der Waals surface area (Å²) in [7, 11) is -0.508. The first-order valence-corrected chi connectivity index (χ1v) is 11.6. The third-order valence-electron chi connectivity index (χ3n) is 6.00. The minimum atomic E-state index is -0.508. The molecule has 0 fully saturated rings. The zero-order valence-corrected chi connectivity index (χ0v) is 22.3. The molecular formula is C28H31PZr-6. The number of aryl methyl sites for hydroxylation is 2. The van der Waals surface area contributed by atoms with Crippen molar-refractivity contribution in [3.8, 4) is 0 Å². The van der Waals surface area contributed by atoms with Gasteiger partial charge in [0.2, 0.25) is 0 Å². The SMILES string of the molecule is Cc1ccc(P(c2ccc(C)c(C)c2C)[c-]2cccc2)c(C)c1C.[Zr].[cH-]1[cH-][cH-][cH-][cH-]1. The summed E-state index contributed by atoms with van der Waals surface area (Å²) in [4.78, 5) is 0. The molecule has 158 valence electrons. The summed E-state index contributed by atoms with van der Waals surface area (Å²) < 4.78 is 0. The van der Waals surface area contributed by atoms with E-state index in [4.69, 9.17) is 0 Å². The van der Waals surface area contributed by atoms with Crippen molar-refractivity contribution in [3.05, 3.63) is 112 Å². The molecule has 0 saturated heterocycles. The van der Waals surface area contributed by atoms with Crippen LogP contribution in [-0.4, -0.2) is 0 Å². The van der Waals surface area contributed by atoms with E-state index in [1.165, 1.54) is 49.3 Å². The van der Waals surface area contributed by atoms with Crippen LogP contribution in [-0.2, 0) is 26.2 Å². The summed E-state index contributed by atoms with van der Waals surface area (Å²) in [5.41, 5.74) is 8.50. The normalized spacial score (nSPS) is 10.4. The van der Waals surface area contributed by atoms with Crippen molar-refractivity contribution < 1.29 is 26.2 Å². The van der Waals surface area contributed by atoms with E-state index in [1.54, 1.807) is 0 Å². The molecule has 0 unspecified atom stereocenters. The fourth-order valence-corrected chi connectivity index (χ4v) is 6.35. The molecule has 0 saturated carbocycles.